The van der Waals surface area contributed by atoms with Crippen LogP contribution in [0.2, 0.25) is 0 Å². The molecule has 1 aromatic carbocycles. The summed E-state index contributed by atoms with van der Waals surface area (Å²) < 4.78 is 11.2. The largest absolute Gasteiger partial charge is 0.497 e. The number of amides is 2. The summed E-state index contributed by atoms with van der Waals surface area (Å²) in [5, 5.41) is 9.70. The highest BCUT2D eigenvalue weighted by atomic mass is 16.5. The third kappa shape index (κ3) is 5.87. The zero-order chi connectivity index (χ0) is 22.2. The molecule has 2 saturated heterocycles. The van der Waals surface area contributed by atoms with E-state index in [1.807, 2.05) is 23.1 Å². The molecule has 168 valence electrons. The molecule has 0 aliphatic carbocycles. The second-order valence-corrected chi connectivity index (χ2v) is 7.57. The molecule has 10 nitrogen and oxygen atoms in total. The molecule has 1 atom stereocenters. The van der Waals surface area contributed by atoms with Crippen LogP contribution in [0.5, 0.6) is 5.75 Å². The molecule has 2 fully saturated rings. The fraction of sp³-hybridized carbons (Fsp3) is 0.524. The van der Waals surface area contributed by atoms with Gasteiger partial charge in [0.05, 0.1) is 7.11 Å². The van der Waals surface area contributed by atoms with Crippen molar-refractivity contribution < 1.29 is 28.6 Å². The van der Waals surface area contributed by atoms with E-state index in [0.717, 1.165) is 42.8 Å². The van der Waals surface area contributed by atoms with Crippen LogP contribution in [0.4, 0.5) is 6.01 Å². The first-order chi connectivity index (χ1) is 15.0. The van der Waals surface area contributed by atoms with Crippen LogP contribution in [0.1, 0.15) is 25.7 Å². The lowest BCUT2D eigenvalue weighted by Gasteiger charge is -2.32. The van der Waals surface area contributed by atoms with Crippen molar-refractivity contribution in [1.82, 2.24) is 15.2 Å². The maximum absolute atomic E-state index is 12.7. The lowest BCUT2D eigenvalue weighted by atomic mass is 9.94. The maximum Gasteiger partial charge on any atom is 0.298 e. The van der Waals surface area contributed by atoms with Crippen LogP contribution in [0.15, 0.2) is 22.6 Å². The van der Waals surface area contributed by atoms with Gasteiger partial charge >= 0.3 is 0 Å². The molecule has 1 aromatic heterocycles. The third-order valence-corrected chi connectivity index (χ3v) is 5.50. The first-order valence-corrected chi connectivity index (χ1v) is 10.4. The number of carboxylic acid groups (broad SMARTS) is 1. The van der Waals surface area contributed by atoms with Crippen molar-refractivity contribution in [3.05, 3.63) is 18.2 Å². The average molecular weight is 432 g/mol. The summed E-state index contributed by atoms with van der Waals surface area (Å²) in [4.78, 5) is 41.1. The molecular weight excluding hydrogens is 404 g/mol. The Morgan fingerprint density at radius 2 is 2.19 bits per heavy atom. The number of aromatic nitrogens is 1. The zero-order valence-corrected chi connectivity index (χ0v) is 17.6. The quantitative estimate of drug-likeness (QED) is 0.696. The van der Waals surface area contributed by atoms with E-state index in [1.165, 1.54) is 0 Å². The Morgan fingerprint density at radius 3 is 2.97 bits per heavy atom. The number of fused-ring (bicyclic) bond motifs is 1. The number of carbonyl (C=O) groups is 3. The molecule has 0 spiro atoms. The van der Waals surface area contributed by atoms with Crippen molar-refractivity contribution in [2.24, 2.45) is 5.92 Å². The molecule has 0 radical (unpaired) electrons. The van der Waals surface area contributed by atoms with Crippen molar-refractivity contribution >= 4 is 35.4 Å². The summed E-state index contributed by atoms with van der Waals surface area (Å²) in [6.07, 6.45) is 2.90. The number of nitrogens with one attached hydrogen (secondary N) is 1. The predicted molar refractivity (Wildman–Crippen MR) is 113 cm³/mol. The number of hydrogen-bond donors (Lipinski definition) is 2. The van der Waals surface area contributed by atoms with Crippen LogP contribution in [-0.2, 0) is 14.4 Å². The number of benzene rings is 1. The molecule has 10 heteroatoms. The van der Waals surface area contributed by atoms with Gasteiger partial charge in [-0.2, -0.15) is 4.98 Å². The minimum atomic E-state index is -0.250. The molecule has 2 aliphatic rings. The second kappa shape index (κ2) is 10.6. The number of piperidine rings is 1. The second-order valence-electron chi connectivity index (χ2n) is 7.57. The van der Waals surface area contributed by atoms with Gasteiger partial charge in [0.15, 0.2) is 5.58 Å². The van der Waals surface area contributed by atoms with E-state index in [1.54, 1.807) is 7.11 Å². The average Bonchev–Trinajstić information content (AvgIpc) is 3.07. The molecule has 0 bridgehead atoms. The van der Waals surface area contributed by atoms with Gasteiger partial charge in [0.1, 0.15) is 11.3 Å². The molecule has 2 aliphatic heterocycles. The molecule has 2 amide bonds. The number of methoxy groups -OCH3 is 1. The van der Waals surface area contributed by atoms with Gasteiger partial charge in [-0.15, -0.1) is 0 Å². The van der Waals surface area contributed by atoms with Gasteiger partial charge in [-0.25, -0.2) is 0 Å². The summed E-state index contributed by atoms with van der Waals surface area (Å²) in [6.45, 7) is 3.01. The SMILES string of the molecule is COc1ccc2oc(N3CCCC(CC(=O)N4CCNC(=O)CC4)C3)nc2c1.O=CO. The molecule has 2 N–H and O–H groups in total. The van der Waals surface area contributed by atoms with Crippen LogP contribution in [-0.4, -0.2) is 73.1 Å². The molecule has 2 aromatic rings. The van der Waals surface area contributed by atoms with E-state index in [-0.39, 0.29) is 24.2 Å². The number of anilines is 1. The van der Waals surface area contributed by atoms with Gasteiger partial charge in [0.25, 0.3) is 12.5 Å². The highest BCUT2D eigenvalue weighted by Crippen LogP contribution is 2.29. The maximum atomic E-state index is 12.7. The van der Waals surface area contributed by atoms with Crippen molar-refractivity contribution in [2.75, 3.05) is 44.7 Å². The Bertz CT molecular complexity index is 914. The van der Waals surface area contributed by atoms with Crippen molar-refractivity contribution in [3.8, 4) is 5.75 Å². The van der Waals surface area contributed by atoms with Gasteiger partial charge < -0.3 is 29.4 Å². The van der Waals surface area contributed by atoms with Gasteiger partial charge in [-0.1, -0.05) is 0 Å². The molecule has 0 saturated carbocycles. The minimum Gasteiger partial charge on any atom is -0.497 e. The lowest BCUT2D eigenvalue weighted by Crippen LogP contribution is -2.40. The van der Waals surface area contributed by atoms with Crippen LogP contribution < -0.4 is 15.0 Å². The fourth-order valence-electron chi connectivity index (χ4n) is 3.96. The fourth-order valence-corrected chi connectivity index (χ4v) is 3.96. The van der Waals surface area contributed by atoms with E-state index in [0.29, 0.717) is 38.5 Å². The highest BCUT2D eigenvalue weighted by Gasteiger charge is 2.27. The highest BCUT2D eigenvalue weighted by molar-refractivity contribution is 5.80. The minimum absolute atomic E-state index is 0.0201. The number of nitrogens with zero attached hydrogens (tertiary/aromatic N) is 3. The molecule has 31 heavy (non-hydrogen) atoms. The molecule has 3 heterocycles. The van der Waals surface area contributed by atoms with Gasteiger partial charge in [0, 0.05) is 51.6 Å². The standard InChI is InChI=1S/C20H26N4O4.CH2O2/c1-27-15-4-5-17-16(12-15)22-20(28-17)24-8-2-3-14(13-24)11-19(26)23-9-6-18(25)21-7-10-23;2-1-3/h4-5,12,14H,2-3,6-11,13H2,1H3,(H,21,25);1H,(H,2,3). The topological polar surface area (TPSA) is 125 Å². The Labute approximate surface area is 180 Å². The van der Waals surface area contributed by atoms with Crippen LogP contribution in [0.3, 0.4) is 0 Å². The Kier molecular flexibility index (Phi) is 7.69. The normalized spacial score (nSPS) is 19.1. The Hall–Kier alpha value is -3.30. The van der Waals surface area contributed by atoms with E-state index in [4.69, 9.17) is 19.1 Å². The Morgan fingerprint density at radius 1 is 1.39 bits per heavy atom. The van der Waals surface area contributed by atoms with E-state index >= 15 is 0 Å². The first kappa shape index (κ1) is 22.4. The van der Waals surface area contributed by atoms with E-state index in [9.17, 15) is 9.59 Å². The van der Waals surface area contributed by atoms with Gasteiger partial charge in [-0.3, -0.25) is 14.4 Å². The molecule has 1 unspecified atom stereocenters. The molecule has 4 rings (SSSR count). The number of carbonyl (C=O) groups excluding carboxylic acids is 2. The number of ether oxygens (including phenoxy) is 1. The number of rotatable bonds is 4. The number of oxazole rings is 1. The van der Waals surface area contributed by atoms with E-state index < -0.39 is 0 Å². The van der Waals surface area contributed by atoms with E-state index in [2.05, 4.69) is 15.2 Å². The van der Waals surface area contributed by atoms with Crippen molar-refractivity contribution in [1.29, 1.82) is 0 Å². The van der Waals surface area contributed by atoms with Crippen molar-refractivity contribution in [2.45, 2.75) is 25.7 Å². The predicted octanol–water partition coefficient (Wildman–Crippen LogP) is 1.49. The van der Waals surface area contributed by atoms with Crippen molar-refractivity contribution in [3.63, 3.8) is 0 Å². The van der Waals surface area contributed by atoms with Crippen LogP contribution in [0.25, 0.3) is 11.1 Å². The summed E-state index contributed by atoms with van der Waals surface area (Å²) >= 11 is 0. The summed E-state index contributed by atoms with van der Waals surface area (Å²) in [5.41, 5.74) is 1.50. The summed E-state index contributed by atoms with van der Waals surface area (Å²) in [6, 6.07) is 6.19. The van der Waals surface area contributed by atoms with Gasteiger partial charge in [-0.05, 0) is 30.9 Å². The van der Waals surface area contributed by atoms with Crippen LogP contribution >= 0.6 is 0 Å². The molecular formula is C21H28N4O6. The lowest BCUT2D eigenvalue weighted by molar-refractivity contribution is -0.132. The summed E-state index contributed by atoms with van der Waals surface area (Å²) in [7, 11) is 1.63. The monoisotopic (exact) mass is 432 g/mol. The smallest absolute Gasteiger partial charge is 0.298 e. The van der Waals surface area contributed by atoms with Gasteiger partial charge in [0.2, 0.25) is 11.8 Å². The third-order valence-electron chi connectivity index (χ3n) is 5.50. The number of hydrogen-bond acceptors (Lipinski definition) is 7. The van der Waals surface area contributed by atoms with Crippen LogP contribution in [0, 0.1) is 5.92 Å². The first-order valence-electron chi connectivity index (χ1n) is 10.4. The Balaban J connectivity index is 0.000000858. The summed E-state index contributed by atoms with van der Waals surface area (Å²) in [5.74, 6) is 1.16. The zero-order valence-electron chi connectivity index (χ0n) is 17.6.